The quantitative estimate of drug-likeness (QED) is 0.708. The van der Waals surface area contributed by atoms with E-state index in [2.05, 4.69) is 6.58 Å². The number of carboxylic acids is 1. The smallest absolute Gasteiger partial charge is 0.327 e. The van der Waals surface area contributed by atoms with E-state index in [1.165, 1.54) is 0 Å². The van der Waals surface area contributed by atoms with Crippen LogP contribution in [0.2, 0.25) is 0 Å². The summed E-state index contributed by atoms with van der Waals surface area (Å²) in [6.07, 6.45) is 0.833. The van der Waals surface area contributed by atoms with Gasteiger partial charge in [-0.25, -0.2) is 4.79 Å². The van der Waals surface area contributed by atoms with Crippen LogP contribution in [-0.4, -0.2) is 11.1 Å². The van der Waals surface area contributed by atoms with E-state index >= 15 is 0 Å². The summed E-state index contributed by atoms with van der Waals surface area (Å²) in [5.41, 5.74) is 0. The molecule has 0 aromatic heterocycles. The van der Waals surface area contributed by atoms with Gasteiger partial charge in [-0.2, -0.15) is 0 Å². The molecule has 0 aliphatic rings. The van der Waals surface area contributed by atoms with Gasteiger partial charge in [0.25, 0.3) is 0 Å². The summed E-state index contributed by atoms with van der Waals surface area (Å²) in [7, 11) is 0. The van der Waals surface area contributed by atoms with Gasteiger partial charge in [-0.3, -0.25) is 0 Å². The normalized spacial score (nSPS) is 3.20. The first-order valence-corrected chi connectivity index (χ1v) is 1.12. The van der Waals surface area contributed by atoms with Crippen LogP contribution in [-0.2, 0) is 4.79 Å². The molecule has 0 aliphatic heterocycles. The van der Waals surface area contributed by atoms with E-state index < -0.39 is 5.97 Å². The lowest BCUT2D eigenvalue weighted by atomic mass is 10.7. The van der Waals surface area contributed by atoms with Crippen LogP contribution in [0, 0.1) is 0 Å². The van der Waals surface area contributed by atoms with Crippen molar-refractivity contribution in [3.05, 3.63) is 12.7 Å². The van der Waals surface area contributed by atoms with E-state index in [0.717, 1.165) is 6.08 Å². The molecule has 0 radical (unpaired) electrons. The highest BCUT2D eigenvalue weighted by atomic mass is 35.5. The molecule has 10 heavy (non-hydrogen) atoms. The third-order valence-corrected chi connectivity index (χ3v) is 0.175. The molecular weight excluding hydrogens is 222 g/mol. The van der Waals surface area contributed by atoms with E-state index in [0.29, 0.717) is 0 Å². The number of hydrogen-bond donors (Lipinski definition) is 1. The monoisotopic (exact) mass is 232 g/mol. The van der Waals surface area contributed by atoms with E-state index in [4.69, 9.17) is 5.11 Å². The molecule has 68 valence electrons. The van der Waals surface area contributed by atoms with Crippen molar-refractivity contribution in [2.45, 2.75) is 7.43 Å². The first-order chi connectivity index (χ1) is 2.27. The van der Waals surface area contributed by atoms with Gasteiger partial charge in [-0.05, 0) is 0 Å². The zero-order valence-corrected chi connectivity index (χ0v) is 7.54. The second kappa shape index (κ2) is 34.4. The van der Waals surface area contributed by atoms with E-state index in [1.54, 1.807) is 0 Å². The van der Waals surface area contributed by atoms with Crippen molar-refractivity contribution in [1.29, 1.82) is 0 Å². The van der Waals surface area contributed by atoms with Crippen molar-refractivity contribution in [3.8, 4) is 0 Å². The van der Waals surface area contributed by atoms with Gasteiger partial charge < -0.3 is 5.11 Å². The van der Waals surface area contributed by atoms with Crippen molar-refractivity contribution in [2.75, 3.05) is 0 Å². The number of halogens is 4. The Hall–Kier alpha value is 0.370. The molecule has 0 fully saturated rings. The Labute approximate surface area is 85.7 Å². The van der Waals surface area contributed by atoms with Crippen molar-refractivity contribution in [2.24, 2.45) is 0 Å². The maximum atomic E-state index is 9.25. The summed E-state index contributed by atoms with van der Waals surface area (Å²) in [6, 6.07) is 0. The van der Waals surface area contributed by atoms with Crippen molar-refractivity contribution in [3.63, 3.8) is 0 Å². The van der Waals surface area contributed by atoms with E-state index in [9.17, 15) is 4.79 Å². The van der Waals surface area contributed by atoms with Crippen LogP contribution in [0.4, 0.5) is 0 Å². The summed E-state index contributed by atoms with van der Waals surface area (Å²) in [6.45, 7) is 2.96. The molecule has 1 N–H and O–H groups in total. The Balaban J connectivity index is -0.00000000800. The standard InChI is InChI=1S/C3H4O2.CH4.4ClH/c1-2-3(4)5;;;;;/h2H,1H2,(H,4,5);1H4;4*1H. The minimum atomic E-state index is -0.981. The summed E-state index contributed by atoms with van der Waals surface area (Å²) in [5.74, 6) is -0.981. The minimum absolute atomic E-state index is 0. The van der Waals surface area contributed by atoms with Crippen molar-refractivity contribution in [1.82, 2.24) is 0 Å². The highest BCUT2D eigenvalue weighted by Crippen LogP contribution is 1.54. The number of hydrogen-bond acceptors (Lipinski definition) is 1. The van der Waals surface area contributed by atoms with Crippen LogP contribution in [0.3, 0.4) is 0 Å². The number of carbonyl (C=O) groups is 1. The topological polar surface area (TPSA) is 37.3 Å². The van der Waals surface area contributed by atoms with Gasteiger partial charge in [0.05, 0.1) is 0 Å². The van der Waals surface area contributed by atoms with Crippen LogP contribution < -0.4 is 0 Å². The summed E-state index contributed by atoms with van der Waals surface area (Å²) in [5, 5.41) is 7.60. The predicted octanol–water partition coefficient (Wildman–Crippen LogP) is 2.58. The zero-order chi connectivity index (χ0) is 4.28. The average molecular weight is 234 g/mol. The van der Waals surface area contributed by atoms with Crippen molar-refractivity contribution >= 4 is 55.6 Å². The predicted molar refractivity (Wildman–Crippen MR) is 53.6 cm³/mol. The third kappa shape index (κ3) is 80.9. The maximum absolute atomic E-state index is 9.25. The molecule has 0 aliphatic carbocycles. The lowest BCUT2D eigenvalue weighted by molar-refractivity contribution is -0.131. The number of rotatable bonds is 1. The molecule has 0 atom stereocenters. The molecule has 0 saturated carbocycles. The van der Waals surface area contributed by atoms with Crippen LogP contribution in [0.1, 0.15) is 7.43 Å². The fraction of sp³-hybridized carbons (Fsp3) is 0.250. The lowest BCUT2D eigenvalue weighted by Crippen LogP contribution is -1.82. The average Bonchev–Trinajstić information content (AvgIpc) is 1.38. The zero-order valence-electron chi connectivity index (χ0n) is 4.27. The minimum Gasteiger partial charge on any atom is -0.478 e. The first kappa shape index (κ1) is 47.7. The highest BCUT2D eigenvalue weighted by Gasteiger charge is 1.73. The van der Waals surface area contributed by atoms with Crippen LogP contribution in [0.15, 0.2) is 12.7 Å². The third-order valence-electron chi connectivity index (χ3n) is 0.175. The van der Waals surface area contributed by atoms with Crippen molar-refractivity contribution < 1.29 is 9.90 Å². The molecular formula is C4H12Cl4O2. The lowest BCUT2D eigenvalue weighted by Gasteiger charge is -1.64. The molecule has 6 heteroatoms. The summed E-state index contributed by atoms with van der Waals surface area (Å²) in [4.78, 5) is 9.25. The second-order valence-corrected chi connectivity index (χ2v) is 0.542. The van der Waals surface area contributed by atoms with Gasteiger partial charge >= 0.3 is 5.97 Å². The molecule has 0 aromatic carbocycles. The van der Waals surface area contributed by atoms with Gasteiger partial charge in [0.2, 0.25) is 0 Å². The maximum Gasteiger partial charge on any atom is 0.327 e. The van der Waals surface area contributed by atoms with Gasteiger partial charge in [0.15, 0.2) is 0 Å². The molecule has 0 bridgehead atoms. The second-order valence-electron chi connectivity index (χ2n) is 0.542. The first-order valence-electron chi connectivity index (χ1n) is 1.12. The SMILES string of the molecule is C.C=CC(=O)O.Cl.Cl.Cl.Cl. The number of aliphatic carboxylic acids is 1. The number of carboxylic acid groups (broad SMARTS) is 1. The van der Waals surface area contributed by atoms with E-state index in [1.807, 2.05) is 0 Å². The molecule has 0 spiro atoms. The Morgan fingerprint density at radius 2 is 1.30 bits per heavy atom. The fourth-order valence-electron chi connectivity index (χ4n) is 0. The molecule has 0 rings (SSSR count). The van der Waals surface area contributed by atoms with Crippen LogP contribution >= 0.6 is 49.6 Å². The van der Waals surface area contributed by atoms with Gasteiger partial charge in [0.1, 0.15) is 0 Å². The van der Waals surface area contributed by atoms with E-state index in [-0.39, 0.29) is 57.1 Å². The van der Waals surface area contributed by atoms with Crippen LogP contribution in [0.25, 0.3) is 0 Å². The molecule has 0 heterocycles. The summed E-state index contributed by atoms with van der Waals surface area (Å²) < 4.78 is 0. The molecule has 2 nitrogen and oxygen atoms in total. The Morgan fingerprint density at radius 1 is 1.20 bits per heavy atom. The molecule has 0 aromatic rings. The van der Waals surface area contributed by atoms with Gasteiger partial charge in [0, 0.05) is 6.08 Å². The Morgan fingerprint density at radius 3 is 1.30 bits per heavy atom. The Bertz CT molecular complexity index is 66.3. The molecule has 0 saturated heterocycles. The van der Waals surface area contributed by atoms with Gasteiger partial charge in [-0.15, -0.1) is 49.6 Å². The largest absolute Gasteiger partial charge is 0.478 e. The highest BCUT2D eigenvalue weighted by molar-refractivity contribution is 5.86. The van der Waals surface area contributed by atoms with Gasteiger partial charge in [-0.1, -0.05) is 14.0 Å². The van der Waals surface area contributed by atoms with Crippen LogP contribution in [0.5, 0.6) is 0 Å². The molecule has 0 amide bonds. The Kier molecular flexibility index (Phi) is 164. The summed E-state index contributed by atoms with van der Waals surface area (Å²) >= 11 is 0. The molecule has 0 unspecified atom stereocenters. The fourth-order valence-corrected chi connectivity index (χ4v) is 0.